The van der Waals surface area contributed by atoms with Crippen LogP contribution < -0.4 is 0 Å². The van der Waals surface area contributed by atoms with Crippen LogP contribution in [0.15, 0.2) is 30.3 Å². The average Bonchev–Trinajstić information content (AvgIpc) is 2.37. The lowest BCUT2D eigenvalue weighted by Gasteiger charge is -2.21. The number of hydrogen-bond donors (Lipinski definition) is 0. The lowest BCUT2D eigenvalue weighted by molar-refractivity contribution is 0.351. The van der Waals surface area contributed by atoms with E-state index in [-0.39, 0.29) is 0 Å². The summed E-state index contributed by atoms with van der Waals surface area (Å²) in [7, 11) is 0. The Morgan fingerprint density at radius 2 is 1.75 bits per heavy atom. The maximum Gasteiger partial charge on any atom is 0.0184 e. The summed E-state index contributed by atoms with van der Waals surface area (Å²) in [5, 5.41) is 0. The van der Waals surface area contributed by atoms with E-state index >= 15 is 0 Å². The highest BCUT2D eigenvalue weighted by atomic mass is 32.2. The van der Waals surface area contributed by atoms with E-state index in [9.17, 15) is 0 Å². The molecule has 0 bridgehead atoms. The Kier molecular flexibility index (Phi) is 5.27. The molecule has 0 spiro atoms. The molecular weight excluding hydrogens is 212 g/mol. The molecule has 0 aromatic heterocycles. The van der Waals surface area contributed by atoms with Gasteiger partial charge in [0.25, 0.3) is 0 Å². The summed E-state index contributed by atoms with van der Waals surface area (Å²) < 4.78 is 0. The fourth-order valence-corrected chi connectivity index (χ4v) is 3.56. The molecule has 0 unspecified atom stereocenters. The fraction of sp³-hybridized carbons (Fsp3) is 0.600. The zero-order chi connectivity index (χ0) is 11.1. The van der Waals surface area contributed by atoms with E-state index < -0.39 is 0 Å². The van der Waals surface area contributed by atoms with Crippen LogP contribution in [0.1, 0.15) is 44.1 Å². The van der Waals surface area contributed by atoms with Crippen LogP contribution in [0.5, 0.6) is 0 Å². The molecule has 88 valence electrons. The van der Waals surface area contributed by atoms with E-state index in [1.807, 2.05) is 0 Å². The van der Waals surface area contributed by atoms with Crippen LogP contribution in [-0.2, 0) is 5.75 Å². The van der Waals surface area contributed by atoms with Gasteiger partial charge in [-0.25, -0.2) is 0 Å². The van der Waals surface area contributed by atoms with Crippen LogP contribution in [0.25, 0.3) is 0 Å². The van der Waals surface area contributed by atoms with Crippen LogP contribution in [0, 0.1) is 5.92 Å². The molecule has 0 N–H and O–H groups in total. The van der Waals surface area contributed by atoms with Crippen molar-refractivity contribution < 1.29 is 0 Å². The molecule has 0 saturated heterocycles. The van der Waals surface area contributed by atoms with Crippen LogP contribution in [0.2, 0.25) is 0 Å². The van der Waals surface area contributed by atoms with Gasteiger partial charge in [-0.1, -0.05) is 62.4 Å². The second-order valence-electron chi connectivity index (χ2n) is 4.83. The molecule has 1 heteroatoms. The second kappa shape index (κ2) is 7.01. The van der Waals surface area contributed by atoms with Gasteiger partial charge in [0.05, 0.1) is 0 Å². The number of rotatable bonds is 5. The lowest BCUT2D eigenvalue weighted by Crippen LogP contribution is -2.06. The van der Waals surface area contributed by atoms with E-state index in [0.717, 1.165) is 5.92 Å². The van der Waals surface area contributed by atoms with E-state index in [1.165, 1.54) is 55.6 Å². The first-order chi connectivity index (χ1) is 7.95. The predicted molar refractivity (Wildman–Crippen MR) is 73.8 cm³/mol. The topological polar surface area (TPSA) is 0 Å². The smallest absolute Gasteiger partial charge is 0.0184 e. The summed E-state index contributed by atoms with van der Waals surface area (Å²) in [5.41, 5.74) is 1.47. The minimum atomic E-state index is 1.04. The van der Waals surface area contributed by atoms with Crippen molar-refractivity contribution in [2.45, 2.75) is 44.3 Å². The Bertz CT molecular complexity index is 275. The molecule has 0 heterocycles. The molecule has 16 heavy (non-hydrogen) atoms. The maximum absolute atomic E-state index is 2.23. The van der Waals surface area contributed by atoms with Gasteiger partial charge in [-0.3, -0.25) is 0 Å². The van der Waals surface area contributed by atoms with Gasteiger partial charge in [-0.15, -0.1) is 0 Å². The number of benzene rings is 1. The van der Waals surface area contributed by atoms with Gasteiger partial charge in [0, 0.05) is 5.75 Å². The van der Waals surface area contributed by atoms with Crippen molar-refractivity contribution >= 4 is 11.8 Å². The zero-order valence-corrected chi connectivity index (χ0v) is 10.8. The summed E-state index contributed by atoms with van der Waals surface area (Å²) in [6, 6.07) is 10.8. The molecule has 2 rings (SSSR count). The number of hydrogen-bond acceptors (Lipinski definition) is 1. The van der Waals surface area contributed by atoms with E-state index in [1.54, 1.807) is 0 Å². The summed E-state index contributed by atoms with van der Waals surface area (Å²) in [5.74, 6) is 3.57. The Balaban J connectivity index is 1.58. The summed E-state index contributed by atoms with van der Waals surface area (Å²) in [6.07, 6.45) is 8.87. The van der Waals surface area contributed by atoms with Crippen LogP contribution in [0.4, 0.5) is 0 Å². The minimum Gasteiger partial charge on any atom is -0.157 e. The Labute approximate surface area is 104 Å². The van der Waals surface area contributed by atoms with Gasteiger partial charge in [-0.05, 0) is 23.7 Å². The van der Waals surface area contributed by atoms with Gasteiger partial charge in [-0.2, -0.15) is 11.8 Å². The van der Waals surface area contributed by atoms with Crippen molar-refractivity contribution in [1.82, 2.24) is 0 Å². The molecule has 1 aromatic rings. The molecule has 1 aliphatic rings. The Morgan fingerprint density at radius 3 is 2.50 bits per heavy atom. The van der Waals surface area contributed by atoms with E-state index in [0.29, 0.717) is 0 Å². The van der Waals surface area contributed by atoms with Gasteiger partial charge >= 0.3 is 0 Å². The van der Waals surface area contributed by atoms with Gasteiger partial charge in [0.1, 0.15) is 0 Å². The van der Waals surface area contributed by atoms with Crippen LogP contribution in [-0.4, -0.2) is 5.75 Å². The van der Waals surface area contributed by atoms with Crippen molar-refractivity contribution in [3.05, 3.63) is 35.9 Å². The van der Waals surface area contributed by atoms with Crippen molar-refractivity contribution in [2.24, 2.45) is 5.92 Å². The molecular formula is C15H22S. The first-order valence-corrected chi connectivity index (χ1v) is 7.72. The number of thioether (sulfide) groups is 1. The second-order valence-corrected chi connectivity index (χ2v) is 5.94. The Hall–Kier alpha value is -0.430. The van der Waals surface area contributed by atoms with Gasteiger partial charge in [0.2, 0.25) is 0 Å². The van der Waals surface area contributed by atoms with Crippen molar-refractivity contribution in [2.75, 3.05) is 5.75 Å². The average molecular weight is 234 g/mol. The largest absolute Gasteiger partial charge is 0.157 e. The van der Waals surface area contributed by atoms with E-state index in [2.05, 4.69) is 42.1 Å². The van der Waals surface area contributed by atoms with Gasteiger partial charge in [0.15, 0.2) is 0 Å². The molecule has 1 aliphatic carbocycles. The summed E-state index contributed by atoms with van der Waals surface area (Å²) in [4.78, 5) is 0. The molecule has 0 radical (unpaired) electrons. The summed E-state index contributed by atoms with van der Waals surface area (Å²) >= 11 is 2.10. The van der Waals surface area contributed by atoms with Crippen LogP contribution >= 0.6 is 11.8 Å². The molecule has 0 atom stereocenters. The molecule has 1 aromatic carbocycles. The first kappa shape index (κ1) is 12.0. The highest BCUT2D eigenvalue weighted by Gasteiger charge is 2.12. The fourth-order valence-electron chi connectivity index (χ4n) is 2.49. The highest BCUT2D eigenvalue weighted by molar-refractivity contribution is 7.98. The zero-order valence-electron chi connectivity index (χ0n) is 10.0. The summed E-state index contributed by atoms with van der Waals surface area (Å²) in [6.45, 7) is 0. The normalized spacial score (nSPS) is 17.5. The van der Waals surface area contributed by atoms with Gasteiger partial charge < -0.3 is 0 Å². The van der Waals surface area contributed by atoms with Crippen molar-refractivity contribution in [3.63, 3.8) is 0 Å². The van der Waals surface area contributed by atoms with E-state index in [4.69, 9.17) is 0 Å². The van der Waals surface area contributed by atoms with Crippen molar-refractivity contribution in [1.29, 1.82) is 0 Å². The Morgan fingerprint density at radius 1 is 1.00 bits per heavy atom. The molecule has 0 aliphatic heterocycles. The molecule has 0 amide bonds. The third-order valence-electron chi connectivity index (χ3n) is 3.51. The monoisotopic (exact) mass is 234 g/mol. The third kappa shape index (κ3) is 4.21. The predicted octanol–water partition coefficient (Wildman–Crippen LogP) is 4.89. The SMILES string of the molecule is c1ccc(CSCCC2CCCCC2)cc1. The van der Waals surface area contributed by atoms with Crippen LogP contribution in [0.3, 0.4) is 0 Å². The molecule has 0 nitrogen and oxygen atoms in total. The quantitative estimate of drug-likeness (QED) is 0.654. The first-order valence-electron chi connectivity index (χ1n) is 6.57. The minimum absolute atomic E-state index is 1.04. The standard InChI is InChI=1S/C15H22S/c1-3-7-14(8-4-1)11-12-16-13-15-9-5-2-6-10-15/h2,5-6,9-10,14H,1,3-4,7-8,11-13H2. The van der Waals surface area contributed by atoms with Crippen molar-refractivity contribution in [3.8, 4) is 0 Å². The molecule has 1 fully saturated rings. The third-order valence-corrected chi connectivity index (χ3v) is 4.57. The highest BCUT2D eigenvalue weighted by Crippen LogP contribution is 2.27. The lowest BCUT2D eigenvalue weighted by atomic mass is 9.88. The maximum atomic E-state index is 2.23. The molecule has 1 saturated carbocycles.